The van der Waals surface area contributed by atoms with Crippen molar-refractivity contribution < 1.29 is 14.3 Å². The Kier molecular flexibility index (Phi) is 4.84. The van der Waals surface area contributed by atoms with Gasteiger partial charge >= 0.3 is 0 Å². The quantitative estimate of drug-likeness (QED) is 0.845. The van der Waals surface area contributed by atoms with E-state index in [9.17, 15) is 14.3 Å². The fourth-order valence-electron chi connectivity index (χ4n) is 1.53. The third kappa shape index (κ3) is 3.81. The maximum absolute atomic E-state index is 12.8. The molecule has 0 spiro atoms. The normalized spacial score (nSPS) is 15.8. The number of rotatable bonds is 5. The summed E-state index contributed by atoms with van der Waals surface area (Å²) < 4.78 is 12.8. The van der Waals surface area contributed by atoms with E-state index in [1.165, 1.54) is 24.3 Å². The van der Waals surface area contributed by atoms with Crippen molar-refractivity contribution in [1.29, 1.82) is 0 Å². The summed E-state index contributed by atoms with van der Waals surface area (Å²) in [6.45, 7) is 5.48. The summed E-state index contributed by atoms with van der Waals surface area (Å²) >= 11 is 0. The molecule has 0 aliphatic rings. The zero-order chi connectivity index (χ0) is 13.8. The summed E-state index contributed by atoms with van der Waals surface area (Å²) in [5.41, 5.74) is -0.620. The van der Waals surface area contributed by atoms with Crippen LogP contribution in [0.15, 0.2) is 24.3 Å². The van der Waals surface area contributed by atoms with Gasteiger partial charge in [-0.15, -0.1) is 0 Å². The highest BCUT2D eigenvalue weighted by Crippen LogP contribution is 2.20. The van der Waals surface area contributed by atoms with Gasteiger partial charge in [-0.2, -0.15) is 0 Å². The van der Waals surface area contributed by atoms with Crippen LogP contribution in [0.3, 0.4) is 0 Å². The Morgan fingerprint density at radius 3 is 2.50 bits per heavy atom. The molecule has 1 amide bonds. The number of carbonyl (C=O) groups is 1. The molecule has 1 aromatic rings. The highest BCUT2D eigenvalue weighted by molar-refractivity contribution is 5.78. The van der Waals surface area contributed by atoms with Crippen LogP contribution in [0.2, 0.25) is 0 Å². The van der Waals surface area contributed by atoms with E-state index >= 15 is 0 Å². The van der Waals surface area contributed by atoms with Gasteiger partial charge in [0.1, 0.15) is 11.4 Å². The lowest BCUT2D eigenvalue weighted by Gasteiger charge is -2.25. The molecule has 0 aromatic heterocycles. The molecule has 0 fully saturated rings. The summed E-state index contributed by atoms with van der Waals surface area (Å²) in [6, 6.07) is 5.62. The largest absolute Gasteiger partial charge is 0.384 e. The van der Waals surface area contributed by atoms with Gasteiger partial charge in [-0.1, -0.05) is 26.0 Å². The summed E-state index contributed by atoms with van der Waals surface area (Å²) in [6.07, 6.45) is 0.754. The molecule has 2 unspecified atom stereocenters. The Morgan fingerprint density at radius 1 is 1.44 bits per heavy atom. The maximum atomic E-state index is 12.8. The molecule has 3 nitrogen and oxygen atoms in total. The van der Waals surface area contributed by atoms with Gasteiger partial charge in [0.25, 0.3) is 0 Å². The number of hydrogen-bond acceptors (Lipinski definition) is 2. The van der Waals surface area contributed by atoms with Crippen LogP contribution >= 0.6 is 0 Å². The minimum atomic E-state index is -1.20. The maximum Gasteiger partial charge on any atom is 0.222 e. The summed E-state index contributed by atoms with van der Waals surface area (Å²) in [7, 11) is 0. The average molecular weight is 253 g/mol. The van der Waals surface area contributed by atoms with Crippen LogP contribution in [0, 0.1) is 11.7 Å². The molecule has 100 valence electrons. The first kappa shape index (κ1) is 14.6. The van der Waals surface area contributed by atoms with E-state index in [1.807, 2.05) is 13.8 Å². The first-order valence-electron chi connectivity index (χ1n) is 6.13. The molecule has 1 rings (SSSR count). The molecule has 2 N–H and O–H groups in total. The van der Waals surface area contributed by atoms with Gasteiger partial charge in [0.05, 0.1) is 6.54 Å². The van der Waals surface area contributed by atoms with Gasteiger partial charge in [-0.3, -0.25) is 4.79 Å². The number of halogens is 1. The Bertz CT molecular complexity index is 401. The third-order valence-electron chi connectivity index (χ3n) is 3.13. The Labute approximate surface area is 107 Å². The Morgan fingerprint density at radius 2 is 2.00 bits per heavy atom. The number of nitrogens with one attached hydrogen (secondary N) is 1. The molecule has 0 aliphatic heterocycles. The van der Waals surface area contributed by atoms with Crippen molar-refractivity contribution in [1.82, 2.24) is 5.32 Å². The van der Waals surface area contributed by atoms with Gasteiger partial charge in [-0.25, -0.2) is 4.39 Å². The average Bonchev–Trinajstić information content (AvgIpc) is 2.35. The van der Waals surface area contributed by atoms with E-state index in [0.29, 0.717) is 5.56 Å². The number of carbonyl (C=O) groups excluding carboxylic acids is 1. The van der Waals surface area contributed by atoms with Crippen molar-refractivity contribution in [3.8, 4) is 0 Å². The van der Waals surface area contributed by atoms with Crippen LogP contribution in [0.25, 0.3) is 0 Å². The van der Waals surface area contributed by atoms with Crippen molar-refractivity contribution in [3.63, 3.8) is 0 Å². The molecule has 0 saturated carbocycles. The highest BCUT2D eigenvalue weighted by atomic mass is 19.1. The van der Waals surface area contributed by atoms with E-state index in [1.54, 1.807) is 6.92 Å². The molecule has 0 saturated heterocycles. The number of amides is 1. The lowest BCUT2D eigenvalue weighted by Crippen LogP contribution is -2.40. The second-order valence-electron chi connectivity index (χ2n) is 4.81. The van der Waals surface area contributed by atoms with Crippen molar-refractivity contribution in [2.24, 2.45) is 5.92 Å². The van der Waals surface area contributed by atoms with Gasteiger partial charge < -0.3 is 10.4 Å². The van der Waals surface area contributed by atoms with Gasteiger partial charge in [0, 0.05) is 5.92 Å². The van der Waals surface area contributed by atoms with Crippen molar-refractivity contribution in [3.05, 3.63) is 35.6 Å². The topological polar surface area (TPSA) is 49.3 Å². The van der Waals surface area contributed by atoms with Gasteiger partial charge in [0.2, 0.25) is 5.91 Å². The van der Waals surface area contributed by atoms with Crippen LogP contribution in [0.4, 0.5) is 4.39 Å². The van der Waals surface area contributed by atoms with Gasteiger partial charge in [-0.05, 0) is 31.0 Å². The minimum absolute atomic E-state index is 0.0750. The van der Waals surface area contributed by atoms with Crippen molar-refractivity contribution >= 4 is 5.91 Å². The minimum Gasteiger partial charge on any atom is -0.384 e. The Balaban J connectivity index is 2.65. The van der Waals surface area contributed by atoms with E-state index in [-0.39, 0.29) is 24.2 Å². The molecule has 0 radical (unpaired) electrons. The van der Waals surface area contributed by atoms with Crippen molar-refractivity contribution in [2.75, 3.05) is 6.54 Å². The fraction of sp³-hybridized carbons (Fsp3) is 0.500. The first-order valence-corrected chi connectivity index (χ1v) is 6.13. The monoisotopic (exact) mass is 253 g/mol. The molecule has 0 bridgehead atoms. The molecule has 2 atom stereocenters. The highest BCUT2D eigenvalue weighted by Gasteiger charge is 2.24. The van der Waals surface area contributed by atoms with Crippen LogP contribution in [-0.2, 0) is 10.4 Å². The predicted octanol–water partition coefficient (Wildman–Crippen LogP) is 2.20. The second-order valence-corrected chi connectivity index (χ2v) is 4.81. The predicted molar refractivity (Wildman–Crippen MR) is 68.4 cm³/mol. The zero-order valence-electron chi connectivity index (χ0n) is 11.0. The van der Waals surface area contributed by atoms with E-state index < -0.39 is 5.60 Å². The van der Waals surface area contributed by atoms with E-state index in [2.05, 4.69) is 5.32 Å². The van der Waals surface area contributed by atoms with Crippen LogP contribution < -0.4 is 5.32 Å². The van der Waals surface area contributed by atoms with Crippen LogP contribution in [0.5, 0.6) is 0 Å². The number of hydrogen-bond donors (Lipinski definition) is 2. The van der Waals surface area contributed by atoms with Crippen LogP contribution in [-0.4, -0.2) is 17.6 Å². The number of aliphatic hydroxyl groups is 1. The van der Waals surface area contributed by atoms with E-state index in [0.717, 1.165) is 6.42 Å². The molecule has 0 heterocycles. The smallest absolute Gasteiger partial charge is 0.222 e. The lowest BCUT2D eigenvalue weighted by molar-refractivity contribution is -0.125. The third-order valence-corrected chi connectivity index (χ3v) is 3.13. The summed E-state index contributed by atoms with van der Waals surface area (Å²) in [5.74, 6) is -0.507. The molecule has 4 heteroatoms. The SMILES string of the molecule is CCC(C)C(=O)NCC(C)(O)c1ccc(F)cc1. The van der Waals surface area contributed by atoms with E-state index in [4.69, 9.17) is 0 Å². The molecular formula is C14H20FNO2. The van der Waals surface area contributed by atoms with Crippen molar-refractivity contribution in [2.45, 2.75) is 32.8 Å². The molecular weight excluding hydrogens is 233 g/mol. The Hall–Kier alpha value is -1.42. The molecule has 1 aromatic carbocycles. The lowest BCUT2D eigenvalue weighted by atomic mass is 9.95. The number of benzene rings is 1. The van der Waals surface area contributed by atoms with Crippen LogP contribution in [0.1, 0.15) is 32.8 Å². The second kappa shape index (κ2) is 5.96. The fourth-order valence-corrected chi connectivity index (χ4v) is 1.53. The molecule has 0 aliphatic carbocycles. The molecule has 18 heavy (non-hydrogen) atoms. The zero-order valence-corrected chi connectivity index (χ0v) is 11.0. The summed E-state index contributed by atoms with van der Waals surface area (Å²) in [4.78, 5) is 11.6. The first-order chi connectivity index (χ1) is 8.36. The van der Waals surface area contributed by atoms with Gasteiger partial charge in [0.15, 0.2) is 0 Å². The standard InChI is InChI=1S/C14H20FNO2/c1-4-10(2)13(17)16-9-14(3,18)11-5-7-12(15)8-6-11/h5-8,10,18H,4,9H2,1-3H3,(H,16,17). The summed E-state index contributed by atoms with van der Waals surface area (Å²) in [5, 5.41) is 12.9.